The number of hydrogen-bond acceptors (Lipinski definition) is 1. The first-order valence-electron chi connectivity index (χ1n) is 8.90. The number of para-hydroxylation sites is 2. The maximum atomic E-state index is 8.33. The van der Waals surface area contributed by atoms with Crippen molar-refractivity contribution >= 4 is 21.9 Å². The number of benzene rings is 3. The molecule has 0 aliphatic rings. The lowest BCUT2D eigenvalue weighted by molar-refractivity contribution is 0.667. The number of furan rings is 1. The van der Waals surface area contributed by atoms with Gasteiger partial charge in [-0.1, -0.05) is 66.1 Å². The summed E-state index contributed by atoms with van der Waals surface area (Å²) in [7, 11) is 0. The van der Waals surface area contributed by atoms with E-state index in [9.17, 15) is 0 Å². The minimum Gasteiger partial charge on any atom is -0.455 e. The van der Waals surface area contributed by atoms with Crippen molar-refractivity contribution in [3.63, 3.8) is 0 Å². The van der Waals surface area contributed by atoms with E-state index in [0.29, 0.717) is 16.7 Å². The van der Waals surface area contributed by atoms with Crippen LogP contribution in [-0.4, -0.2) is 0 Å². The minimum absolute atomic E-state index is 0.0136. The van der Waals surface area contributed by atoms with Crippen molar-refractivity contribution in [3.05, 3.63) is 71.7 Å². The summed E-state index contributed by atoms with van der Waals surface area (Å²) < 4.78 is 39.0. The van der Waals surface area contributed by atoms with Crippen molar-refractivity contribution in [2.24, 2.45) is 0 Å². The van der Waals surface area contributed by atoms with E-state index in [1.54, 1.807) is 13.0 Å². The van der Waals surface area contributed by atoms with Gasteiger partial charge < -0.3 is 4.42 Å². The molecule has 0 amide bonds. The molecule has 21 heavy (non-hydrogen) atoms. The summed E-state index contributed by atoms with van der Waals surface area (Å²) in [6.45, 7) is 3.58. The number of rotatable bonds is 1. The van der Waals surface area contributed by atoms with E-state index in [1.165, 1.54) is 0 Å². The van der Waals surface area contributed by atoms with Gasteiger partial charge in [0.2, 0.25) is 0 Å². The number of hydrogen-bond donors (Lipinski definition) is 0. The van der Waals surface area contributed by atoms with E-state index in [4.69, 9.17) is 9.90 Å². The zero-order valence-electron chi connectivity index (χ0n) is 15.9. The summed E-state index contributed by atoms with van der Waals surface area (Å²) in [5.74, 6) is 0. The molecule has 102 valence electrons. The highest BCUT2D eigenvalue weighted by Crippen LogP contribution is 2.36. The Labute approximate surface area is 129 Å². The fraction of sp³-hybridized carbons (Fsp3) is 0.100. The Morgan fingerprint density at radius 3 is 2.24 bits per heavy atom. The second kappa shape index (κ2) is 4.49. The van der Waals surface area contributed by atoms with Crippen molar-refractivity contribution in [2.45, 2.75) is 13.8 Å². The first kappa shape index (κ1) is 8.68. The highest BCUT2D eigenvalue weighted by atomic mass is 16.3. The summed E-state index contributed by atoms with van der Waals surface area (Å²) >= 11 is 0. The van der Waals surface area contributed by atoms with Gasteiger partial charge in [-0.25, -0.2) is 0 Å². The third-order valence-corrected chi connectivity index (χ3v) is 3.74. The average molecular weight is 276 g/mol. The number of fused-ring (bicyclic) bond motifs is 3. The van der Waals surface area contributed by atoms with Crippen molar-refractivity contribution < 1.29 is 9.90 Å². The molecule has 0 atom stereocenters. The molecule has 0 bridgehead atoms. The maximum absolute atomic E-state index is 8.33. The third kappa shape index (κ3) is 1.85. The Bertz CT molecular complexity index is 1130. The lowest BCUT2D eigenvalue weighted by atomic mass is 10.0. The molecule has 1 heteroatoms. The van der Waals surface area contributed by atoms with Crippen LogP contribution in [-0.2, 0) is 0 Å². The first-order valence-corrected chi connectivity index (χ1v) is 6.90. The molecule has 0 fully saturated rings. The normalized spacial score (nSPS) is 14.0. The molecule has 0 aliphatic heterocycles. The van der Waals surface area contributed by atoms with Crippen LogP contribution in [0.15, 0.2) is 65.0 Å². The largest absolute Gasteiger partial charge is 0.455 e. The predicted octanol–water partition coefficient (Wildman–Crippen LogP) is 5.87. The monoisotopic (exact) mass is 276 g/mol. The maximum Gasteiger partial charge on any atom is 0.143 e. The molecule has 0 spiro atoms. The molecule has 1 heterocycles. The van der Waals surface area contributed by atoms with Gasteiger partial charge in [0.15, 0.2) is 0 Å². The van der Waals surface area contributed by atoms with E-state index >= 15 is 0 Å². The molecule has 0 aliphatic carbocycles. The van der Waals surface area contributed by atoms with Crippen LogP contribution in [0, 0.1) is 13.8 Å². The van der Waals surface area contributed by atoms with Crippen LogP contribution < -0.4 is 0 Å². The summed E-state index contributed by atoms with van der Waals surface area (Å²) in [5, 5.41) is 1.90. The van der Waals surface area contributed by atoms with Crippen molar-refractivity contribution in [2.75, 3.05) is 0 Å². The van der Waals surface area contributed by atoms with E-state index in [-0.39, 0.29) is 29.7 Å². The van der Waals surface area contributed by atoms with Gasteiger partial charge in [0, 0.05) is 16.3 Å². The molecule has 0 radical (unpaired) electrons. The highest BCUT2D eigenvalue weighted by Gasteiger charge is 2.12. The molecule has 0 N–H and O–H groups in total. The topological polar surface area (TPSA) is 13.1 Å². The van der Waals surface area contributed by atoms with Gasteiger partial charge in [-0.2, -0.15) is 0 Å². The van der Waals surface area contributed by atoms with E-state index in [2.05, 4.69) is 0 Å². The molecule has 0 saturated heterocycles. The van der Waals surface area contributed by atoms with Crippen LogP contribution >= 0.6 is 0 Å². The fourth-order valence-electron chi connectivity index (χ4n) is 2.67. The first-order chi connectivity index (χ1) is 11.9. The average Bonchev–Trinajstić information content (AvgIpc) is 3.00. The molecule has 0 saturated carbocycles. The van der Waals surface area contributed by atoms with Gasteiger partial charge in [0.05, 0.1) is 5.48 Å². The summed E-state index contributed by atoms with van der Waals surface area (Å²) in [4.78, 5) is 0. The SMILES string of the molecule is [2H]c1c([2H])c(-c2cccc3c2oc2c(C)cccc23)c([2H])c([2H])c1C. The van der Waals surface area contributed by atoms with Gasteiger partial charge in [0.1, 0.15) is 11.2 Å². The Hall–Kier alpha value is -2.54. The Morgan fingerprint density at radius 1 is 0.810 bits per heavy atom. The fourth-order valence-corrected chi connectivity index (χ4v) is 2.67. The second-order valence-electron chi connectivity index (χ2n) is 5.24. The van der Waals surface area contributed by atoms with Crippen molar-refractivity contribution in [1.82, 2.24) is 0 Å². The van der Waals surface area contributed by atoms with E-state index < -0.39 is 0 Å². The Morgan fingerprint density at radius 2 is 1.48 bits per heavy atom. The molecule has 0 unspecified atom stereocenters. The lowest BCUT2D eigenvalue weighted by Gasteiger charge is -2.03. The van der Waals surface area contributed by atoms with E-state index in [0.717, 1.165) is 21.9 Å². The van der Waals surface area contributed by atoms with Gasteiger partial charge in [-0.15, -0.1) is 0 Å². The van der Waals surface area contributed by atoms with Crippen molar-refractivity contribution in [3.8, 4) is 11.1 Å². The highest BCUT2D eigenvalue weighted by molar-refractivity contribution is 6.10. The zero-order valence-corrected chi connectivity index (χ0v) is 11.9. The molecule has 1 aromatic heterocycles. The summed E-state index contributed by atoms with van der Waals surface area (Å²) in [6, 6.07) is 11.4. The van der Waals surface area contributed by atoms with Crippen LogP contribution in [0.25, 0.3) is 33.1 Å². The molecule has 4 aromatic rings. The Balaban J connectivity index is 2.17. The van der Waals surface area contributed by atoms with Crippen LogP contribution in [0.1, 0.15) is 16.6 Å². The van der Waals surface area contributed by atoms with Crippen LogP contribution in [0.5, 0.6) is 0 Å². The Kier molecular flexibility index (Phi) is 1.86. The summed E-state index contributed by atoms with van der Waals surface area (Å²) in [6.07, 6.45) is 0. The predicted molar refractivity (Wildman–Crippen MR) is 88.6 cm³/mol. The second-order valence-corrected chi connectivity index (χ2v) is 5.24. The van der Waals surface area contributed by atoms with Crippen LogP contribution in [0.4, 0.5) is 0 Å². The molecular weight excluding hydrogens is 256 g/mol. The lowest BCUT2D eigenvalue weighted by Crippen LogP contribution is -1.79. The van der Waals surface area contributed by atoms with Gasteiger partial charge in [-0.05, 0) is 25.0 Å². The van der Waals surface area contributed by atoms with Gasteiger partial charge in [-0.3, -0.25) is 0 Å². The number of aryl methyl sites for hydroxylation is 1. The molecule has 4 rings (SSSR count). The molecule has 3 aromatic carbocycles. The van der Waals surface area contributed by atoms with Crippen molar-refractivity contribution in [1.29, 1.82) is 0 Å². The molecular formula is C20H16O. The zero-order chi connectivity index (χ0) is 17.9. The third-order valence-electron chi connectivity index (χ3n) is 3.74. The quantitative estimate of drug-likeness (QED) is 0.424. The standard InChI is InChI=1S/C20H16O/c1-13-9-11-15(12-10-13)16-6-4-8-18-17-7-3-5-14(2)19(17)21-20(16)18/h3-12H,1-2H3/i9D,10D,11D,12D. The van der Waals surface area contributed by atoms with Crippen LogP contribution in [0.3, 0.4) is 0 Å². The summed E-state index contributed by atoms with van der Waals surface area (Å²) in [5.41, 5.74) is 3.62. The molecule has 1 nitrogen and oxygen atoms in total. The van der Waals surface area contributed by atoms with E-state index in [1.807, 2.05) is 37.3 Å². The van der Waals surface area contributed by atoms with Gasteiger partial charge in [0.25, 0.3) is 0 Å². The minimum atomic E-state index is -0.0387. The van der Waals surface area contributed by atoms with Gasteiger partial charge >= 0.3 is 0 Å². The smallest absolute Gasteiger partial charge is 0.143 e. The van der Waals surface area contributed by atoms with Crippen LogP contribution in [0.2, 0.25) is 0 Å².